The molecule has 0 aromatic heterocycles. The maximum Gasteiger partial charge on any atom is 0.326 e. The average molecular weight is 469 g/mol. The van der Waals surface area contributed by atoms with Crippen molar-refractivity contribution in [3.63, 3.8) is 0 Å². The highest BCUT2D eigenvalue weighted by Crippen LogP contribution is 2.38. The Morgan fingerprint density at radius 1 is 0.788 bits per heavy atom. The van der Waals surface area contributed by atoms with Crippen molar-refractivity contribution >= 4 is 11.9 Å². The van der Waals surface area contributed by atoms with Crippen LogP contribution >= 0.6 is 0 Å². The van der Waals surface area contributed by atoms with Crippen molar-refractivity contribution < 1.29 is 19.4 Å². The molecule has 0 aromatic rings. The number of carbonyl (C=O) groups is 2. The van der Waals surface area contributed by atoms with Crippen LogP contribution in [0.15, 0.2) is 0 Å². The molecule has 0 radical (unpaired) electrons. The van der Waals surface area contributed by atoms with Gasteiger partial charge in [-0.05, 0) is 55.8 Å². The number of urea groups is 1. The molecule has 0 saturated carbocycles. The van der Waals surface area contributed by atoms with Crippen molar-refractivity contribution in [1.29, 1.82) is 0 Å². The number of hydrogen-bond acceptors (Lipinski definition) is 4. The minimum Gasteiger partial charge on any atom is -0.396 e. The molecule has 1 aliphatic rings. The summed E-state index contributed by atoms with van der Waals surface area (Å²) in [6.45, 7) is 11.7. The first-order valence-corrected chi connectivity index (χ1v) is 13.6. The van der Waals surface area contributed by atoms with Gasteiger partial charge in [0.2, 0.25) is 5.91 Å². The molecular weight excluding hydrogens is 416 g/mol. The highest BCUT2D eigenvalue weighted by atomic mass is 16.5. The van der Waals surface area contributed by atoms with E-state index in [1.54, 1.807) is 7.05 Å². The lowest BCUT2D eigenvalue weighted by molar-refractivity contribution is -0.125. The highest BCUT2D eigenvalue weighted by Gasteiger charge is 2.35. The average Bonchev–Trinajstić information content (AvgIpc) is 3.08. The molecule has 1 heterocycles. The van der Waals surface area contributed by atoms with E-state index in [2.05, 4.69) is 27.7 Å². The number of aliphatic hydroxyl groups excluding tert-OH is 1. The van der Waals surface area contributed by atoms with Gasteiger partial charge in [-0.2, -0.15) is 0 Å². The van der Waals surface area contributed by atoms with E-state index in [9.17, 15) is 14.7 Å². The van der Waals surface area contributed by atoms with Crippen LogP contribution in [-0.2, 0) is 9.53 Å². The van der Waals surface area contributed by atoms with E-state index < -0.39 is 0 Å². The molecule has 33 heavy (non-hydrogen) atoms. The van der Waals surface area contributed by atoms with Gasteiger partial charge in [-0.1, -0.05) is 66.2 Å². The fourth-order valence-electron chi connectivity index (χ4n) is 5.37. The zero-order chi connectivity index (χ0) is 24.7. The molecular formula is C27H52N2O4. The van der Waals surface area contributed by atoms with Crippen LogP contribution < -0.4 is 0 Å². The van der Waals surface area contributed by atoms with Gasteiger partial charge in [-0.15, -0.1) is 0 Å². The van der Waals surface area contributed by atoms with Crippen LogP contribution in [0, 0.1) is 10.8 Å². The third-order valence-corrected chi connectivity index (χ3v) is 8.45. The molecule has 0 atom stereocenters. The second-order valence-electron chi connectivity index (χ2n) is 10.2. The Morgan fingerprint density at radius 3 is 1.70 bits per heavy atom. The van der Waals surface area contributed by atoms with E-state index in [1.807, 2.05) is 0 Å². The molecule has 1 rings (SSSR count). The normalized spacial score (nSPS) is 15.2. The van der Waals surface area contributed by atoms with Crippen molar-refractivity contribution in [2.45, 2.75) is 111 Å². The van der Waals surface area contributed by atoms with Crippen LogP contribution in [0.2, 0.25) is 0 Å². The summed E-state index contributed by atoms with van der Waals surface area (Å²) in [4.78, 5) is 27.2. The molecule has 1 fully saturated rings. The largest absolute Gasteiger partial charge is 0.396 e. The van der Waals surface area contributed by atoms with E-state index >= 15 is 0 Å². The van der Waals surface area contributed by atoms with Crippen molar-refractivity contribution in [2.75, 3.05) is 40.0 Å². The van der Waals surface area contributed by atoms with Crippen LogP contribution in [0.5, 0.6) is 0 Å². The molecule has 0 spiro atoms. The van der Waals surface area contributed by atoms with Crippen LogP contribution in [0.25, 0.3) is 0 Å². The maximum absolute atomic E-state index is 12.2. The molecule has 1 saturated heterocycles. The predicted octanol–water partition coefficient (Wildman–Crippen LogP) is 6.01. The third-order valence-electron chi connectivity index (χ3n) is 8.45. The molecule has 0 aliphatic carbocycles. The molecule has 6 nitrogen and oxygen atoms in total. The number of ether oxygens (including phenoxy) is 1. The second kappa shape index (κ2) is 15.7. The van der Waals surface area contributed by atoms with Gasteiger partial charge >= 0.3 is 6.03 Å². The van der Waals surface area contributed by atoms with Gasteiger partial charge in [-0.3, -0.25) is 9.69 Å². The summed E-state index contributed by atoms with van der Waals surface area (Å²) in [7, 11) is 1.69. The first-order chi connectivity index (χ1) is 15.8. The summed E-state index contributed by atoms with van der Waals surface area (Å²) < 4.78 is 5.92. The quantitative estimate of drug-likeness (QED) is 0.175. The summed E-state index contributed by atoms with van der Waals surface area (Å²) in [5.74, 6) is -0.0690. The van der Waals surface area contributed by atoms with Crippen molar-refractivity contribution in [1.82, 2.24) is 9.80 Å². The topological polar surface area (TPSA) is 70.1 Å². The highest BCUT2D eigenvalue weighted by molar-refractivity contribution is 6.01. The van der Waals surface area contributed by atoms with Gasteiger partial charge in [0.25, 0.3) is 0 Å². The lowest BCUT2D eigenvalue weighted by atomic mass is 9.74. The number of unbranched alkanes of at least 4 members (excludes halogenated alkanes) is 2. The molecule has 0 unspecified atom stereocenters. The van der Waals surface area contributed by atoms with Crippen LogP contribution in [0.4, 0.5) is 4.79 Å². The molecule has 0 aromatic carbocycles. The van der Waals surface area contributed by atoms with Crippen LogP contribution in [-0.4, -0.2) is 66.8 Å². The lowest BCUT2D eigenvalue weighted by Gasteiger charge is -2.33. The number of nitrogens with zero attached hydrogens (tertiary/aromatic N) is 2. The standard InChI is InChI=1S/C27H52N2O4/c1-6-26(7-2,17-14-20-30)15-10-12-21-33-22-13-11-16-27(8-3,9-4)18-19-29-24(31)23-28(5)25(29)32/h30H,6-23H2,1-5H3. The molecule has 1 N–H and O–H groups in total. The van der Waals surface area contributed by atoms with E-state index in [0.29, 0.717) is 18.6 Å². The van der Waals surface area contributed by atoms with E-state index in [1.165, 1.54) is 35.5 Å². The predicted molar refractivity (Wildman–Crippen MR) is 135 cm³/mol. The zero-order valence-corrected chi connectivity index (χ0v) is 22.3. The van der Waals surface area contributed by atoms with E-state index in [-0.39, 0.29) is 23.9 Å². The van der Waals surface area contributed by atoms with Crippen molar-refractivity contribution in [3.05, 3.63) is 0 Å². The summed E-state index contributed by atoms with van der Waals surface area (Å²) in [6, 6.07) is -0.155. The van der Waals surface area contributed by atoms with E-state index in [0.717, 1.165) is 71.0 Å². The number of carbonyl (C=O) groups excluding carboxylic acids is 2. The third kappa shape index (κ3) is 9.56. The minimum atomic E-state index is -0.155. The number of hydrogen-bond donors (Lipinski definition) is 1. The van der Waals surface area contributed by atoms with Gasteiger partial charge in [0.05, 0.1) is 0 Å². The first-order valence-electron chi connectivity index (χ1n) is 13.6. The molecule has 3 amide bonds. The number of imide groups is 1. The van der Waals surface area contributed by atoms with Gasteiger partial charge < -0.3 is 14.7 Å². The van der Waals surface area contributed by atoms with Crippen LogP contribution in [0.1, 0.15) is 111 Å². The van der Waals surface area contributed by atoms with E-state index in [4.69, 9.17) is 4.74 Å². The molecule has 1 aliphatic heterocycles. The Hall–Kier alpha value is -1.14. The summed E-state index contributed by atoms with van der Waals surface area (Å²) in [5.41, 5.74) is 0.589. The fourth-order valence-corrected chi connectivity index (χ4v) is 5.37. The molecule has 194 valence electrons. The lowest BCUT2D eigenvalue weighted by Crippen LogP contribution is -2.35. The maximum atomic E-state index is 12.2. The molecule has 6 heteroatoms. The second-order valence-corrected chi connectivity index (χ2v) is 10.2. The van der Waals surface area contributed by atoms with Gasteiger partial charge in [0.15, 0.2) is 0 Å². The summed E-state index contributed by atoms with van der Waals surface area (Å²) in [5, 5.41) is 9.17. The van der Waals surface area contributed by atoms with Crippen molar-refractivity contribution in [3.8, 4) is 0 Å². The number of aliphatic hydroxyl groups is 1. The SMILES string of the molecule is CCC(CC)(CCCO)CCCCOCCCCC(CC)(CC)CCN1C(=O)CN(C)C1=O. The Morgan fingerprint density at radius 2 is 1.27 bits per heavy atom. The van der Waals surface area contributed by atoms with Gasteiger partial charge in [-0.25, -0.2) is 4.79 Å². The number of likely N-dealkylation sites (N-methyl/N-ethyl adjacent to an activating group) is 1. The Kier molecular flexibility index (Phi) is 14.2. The molecule has 0 bridgehead atoms. The fraction of sp³-hybridized carbons (Fsp3) is 0.926. The van der Waals surface area contributed by atoms with Crippen LogP contribution in [0.3, 0.4) is 0 Å². The number of amides is 3. The summed E-state index contributed by atoms with van der Waals surface area (Å²) >= 11 is 0. The Bertz CT molecular complexity index is 558. The Labute approximate surface area is 203 Å². The minimum absolute atomic E-state index is 0.0690. The zero-order valence-electron chi connectivity index (χ0n) is 22.3. The monoisotopic (exact) mass is 468 g/mol. The van der Waals surface area contributed by atoms with Gasteiger partial charge in [0.1, 0.15) is 6.54 Å². The smallest absolute Gasteiger partial charge is 0.326 e. The van der Waals surface area contributed by atoms with Crippen molar-refractivity contribution in [2.24, 2.45) is 10.8 Å². The first kappa shape index (κ1) is 29.9. The number of rotatable bonds is 20. The Balaban J connectivity index is 2.25. The van der Waals surface area contributed by atoms with Gasteiger partial charge in [0, 0.05) is 33.4 Å². The summed E-state index contributed by atoms with van der Waals surface area (Å²) in [6.07, 6.45) is 14.3.